The lowest BCUT2D eigenvalue weighted by atomic mass is 9.96. The molecule has 4 nitrogen and oxygen atoms in total. The van der Waals surface area contributed by atoms with Gasteiger partial charge < -0.3 is 4.74 Å². The lowest BCUT2D eigenvalue weighted by Gasteiger charge is -2.24. The molecule has 0 aliphatic carbocycles. The topological polar surface area (TPSA) is 46.6 Å². The fraction of sp³-hybridized carbons (Fsp3) is 0.333. The van der Waals surface area contributed by atoms with Crippen molar-refractivity contribution in [2.24, 2.45) is 5.92 Å². The van der Waals surface area contributed by atoms with Crippen LogP contribution in [0, 0.1) is 5.92 Å². The highest BCUT2D eigenvalue weighted by atomic mass is 32.2. The Hall–Kier alpha value is -2.18. The molecule has 0 bridgehead atoms. The molecular formula is C24H25NO3S2. The number of thioether (sulfide) groups is 2. The number of hydrogen-bond donors (Lipinski definition) is 0. The van der Waals surface area contributed by atoms with Crippen molar-refractivity contribution in [3.8, 4) is 0 Å². The van der Waals surface area contributed by atoms with Crippen LogP contribution in [0.5, 0.6) is 0 Å². The van der Waals surface area contributed by atoms with E-state index in [1.54, 1.807) is 23.5 Å². The molecule has 0 saturated carbocycles. The van der Waals surface area contributed by atoms with Gasteiger partial charge in [0.2, 0.25) is 5.91 Å². The third kappa shape index (κ3) is 4.76. The maximum atomic E-state index is 13.6. The molecular weight excluding hydrogens is 414 g/mol. The zero-order chi connectivity index (χ0) is 20.9. The Morgan fingerprint density at radius 1 is 1.10 bits per heavy atom. The van der Waals surface area contributed by atoms with Crippen LogP contribution < -0.4 is 0 Å². The SMILES string of the molecule is C[C@@H]1[C@H](c2ccccc2)OC(=O)N1C(=O)[C@@H](C=C1SCCCS1)Cc1ccccc1. The van der Waals surface area contributed by atoms with E-state index >= 15 is 0 Å². The lowest BCUT2D eigenvalue weighted by molar-refractivity contribution is -0.131. The number of ether oxygens (including phenoxy) is 1. The summed E-state index contributed by atoms with van der Waals surface area (Å²) < 4.78 is 6.80. The summed E-state index contributed by atoms with van der Waals surface area (Å²) in [6, 6.07) is 19.3. The third-order valence-electron chi connectivity index (χ3n) is 5.37. The Labute approximate surface area is 186 Å². The van der Waals surface area contributed by atoms with Gasteiger partial charge in [0.25, 0.3) is 0 Å². The van der Waals surface area contributed by atoms with Crippen molar-refractivity contribution in [1.29, 1.82) is 0 Å². The lowest BCUT2D eigenvalue weighted by Crippen LogP contribution is -2.41. The Kier molecular flexibility index (Phi) is 6.85. The number of imide groups is 1. The molecule has 3 atom stereocenters. The minimum atomic E-state index is -0.554. The summed E-state index contributed by atoms with van der Waals surface area (Å²) >= 11 is 3.60. The van der Waals surface area contributed by atoms with E-state index < -0.39 is 18.1 Å². The predicted octanol–water partition coefficient (Wildman–Crippen LogP) is 5.67. The van der Waals surface area contributed by atoms with E-state index in [-0.39, 0.29) is 11.9 Å². The van der Waals surface area contributed by atoms with Gasteiger partial charge >= 0.3 is 6.09 Å². The number of benzene rings is 2. The quantitative estimate of drug-likeness (QED) is 0.601. The zero-order valence-corrected chi connectivity index (χ0v) is 18.5. The van der Waals surface area contributed by atoms with Gasteiger partial charge in [-0.2, -0.15) is 0 Å². The highest BCUT2D eigenvalue weighted by Gasteiger charge is 2.45. The number of amides is 2. The van der Waals surface area contributed by atoms with Crippen LogP contribution in [0.25, 0.3) is 0 Å². The molecule has 2 fully saturated rings. The monoisotopic (exact) mass is 439 g/mol. The summed E-state index contributed by atoms with van der Waals surface area (Å²) in [6.07, 6.45) is 2.81. The molecule has 2 heterocycles. The smallest absolute Gasteiger partial charge is 0.417 e. The number of carbonyl (C=O) groups excluding carboxylic acids is 2. The van der Waals surface area contributed by atoms with Crippen molar-refractivity contribution in [3.63, 3.8) is 0 Å². The van der Waals surface area contributed by atoms with Crippen molar-refractivity contribution >= 4 is 35.5 Å². The summed E-state index contributed by atoms with van der Waals surface area (Å²) in [6.45, 7) is 1.89. The molecule has 0 unspecified atom stereocenters. The Bertz CT molecular complexity index is 909. The van der Waals surface area contributed by atoms with Crippen molar-refractivity contribution in [2.45, 2.75) is 31.9 Å². The van der Waals surface area contributed by atoms with Crippen LogP contribution in [0.1, 0.15) is 30.6 Å². The van der Waals surface area contributed by atoms with Crippen LogP contribution in [0.3, 0.4) is 0 Å². The van der Waals surface area contributed by atoms with Gasteiger partial charge in [-0.25, -0.2) is 9.69 Å². The van der Waals surface area contributed by atoms with Crippen molar-refractivity contribution in [2.75, 3.05) is 11.5 Å². The third-order valence-corrected chi connectivity index (χ3v) is 7.90. The Morgan fingerprint density at radius 3 is 2.40 bits per heavy atom. The average molecular weight is 440 g/mol. The van der Waals surface area contributed by atoms with Crippen LogP contribution in [0.15, 0.2) is 71.0 Å². The predicted molar refractivity (Wildman–Crippen MR) is 123 cm³/mol. The van der Waals surface area contributed by atoms with Crippen LogP contribution >= 0.6 is 23.5 Å². The van der Waals surface area contributed by atoms with Gasteiger partial charge in [-0.1, -0.05) is 66.7 Å². The van der Waals surface area contributed by atoms with Gasteiger partial charge in [0.05, 0.1) is 12.0 Å². The van der Waals surface area contributed by atoms with E-state index in [0.29, 0.717) is 6.42 Å². The molecule has 2 aliphatic rings. The molecule has 2 saturated heterocycles. The molecule has 2 aromatic rings. The summed E-state index contributed by atoms with van der Waals surface area (Å²) in [5.74, 6) is 1.56. The van der Waals surface area contributed by atoms with E-state index in [2.05, 4.69) is 6.08 Å². The minimum absolute atomic E-state index is 0.186. The van der Waals surface area contributed by atoms with Crippen LogP contribution in [-0.4, -0.2) is 34.4 Å². The molecule has 2 aliphatic heterocycles. The maximum Gasteiger partial charge on any atom is 0.417 e. The molecule has 0 radical (unpaired) electrons. The molecule has 6 heteroatoms. The summed E-state index contributed by atoms with van der Waals surface area (Å²) in [4.78, 5) is 27.6. The fourth-order valence-corrected chi connectivity index (χ4v) is 6.33. The Balaban J connectivity index is 1.59. The van der Waals surface area contributed by atoms with Gasteiger partial charge in [-0.3, -0.25) is 4.79 Å². The molecule has 30 heavy (non-hydrogen) atoms. The van der Waals surface area contributed by atoms with E-state index in [1.165, 1.54) is 15.6 Å². The Morgan fingerprint density at radius 2 is 1.73 bits per heavy atom. The van der Waals surface area contributed by atoms with Gasteiger partial charge in [-0.15, -0.1) is 23.5 Å². The standard InChI is InChI=1S/C24H25NO3S2/c1-17-22(19-11-6-3-7-12-19)28-24(27)25(17)23(26)20(15-18-9-4-2-5-10-18)16-21-29-13-8-14-30-21/h2-7,9-12,16-17,20,22H,8,13-15H2,1H3/t17-,20-,22-/m1/s1. The summed E-state index contributed by atoms with van der Waals surface area (Å²) in [7, 11) is 0. The first-order valence-electron chi connectivity index (χ1n) is 10.2. The molecule has 4 rings (SSSR count). The molecule has 2 amide bonds. The number of cyclic esters (lactones) is 1. The first-order chi connectivity index (χ1) is 14.6. The van der Waals surface area contributed by atoms with Crippen LogP contribution in [-0.2, 0) is 16.0 Å². The van der Waals surface area contributed by atoms with Gasteiger partial charge in [0.15, 0.2) is 0 Å². The number of carbonyl (C=O) groups is 2. The first-order valence-corrected chi connectivity index (χ1v) is 12.2. The first kappa shape index (κ1) is 21.1. The van der Waals surface area contributed by atoms with Gasteiger partial charge in [-0.05, 0) is 42.4 Å². The fourth-order valence-electron chi connectivity index (χ4n) is 3.82. The second-order valence-corrected chi connectivity index (χ2v) is 10.0. The van der Waals surface area contributed by atoms with E-state index in [4.69, 9.17) is 4.74 Å². The van der Waals surface area contributed by atoms with Gasteiger partial charge in [0.1, 0.15) is 6.10 Å². The largest absolute Gasteiger partial charge is 0.439 e. The zero-order valence-electron chi connectivity index (χ0n) is 16.9. The number of nitrogens with zero attached hydrogens (tertiary/aromatic N) is 1. The molecule has 0 N–H and O–H groups in total. The number of hydrogen-bond acceptors (Lipinski definition) is 5. The second-order valence-electron chi connectivity index (χ2n) is 7.50. The van der Waals surface area contributed by atoms with Crippen LogP contribution in [0.2, 0.25) is 0 Å². The van der Waals surface area contributed by atoms with Crippen molar-refractivity contribution in [1.82, 2.24) is 4.90 Å². The van der Waals surface area contributed by atoms with E-state index in [0.717, 1.165) is 22.6 Å². The minimum Gasteiger partial charge on any atom is -0.439 e. The molecule has 0 aromatic heterocycles. The molecule has 2 aromatic carbocycles. The summed E-state index contributed by atoms with van der Waals surface area (Å²) in [5, 5.41) is 0. The number of rotatable bonds is 5. The average Bonchev–Trinajstić information content (AvgIpc) is 3.09. The maximum absolute atomic E-state index is 13.6. The molecule has 0 spiro atoms. The van der Waals surface area contributed by atoms with Gasteiger partial charge in [0, 0.05) is 4.24 Å². The van der Waals surface area contributed by atoms with E-state index in [1.807, 2.05) is 67.6 Å². The van der Waals surface area contributed by atoms with Crippen molar-refractivity contribution < 1.29 is 14.3 Å². The summed E-state index contributed by atoms with van der Waals surface area (Å²) in [5.41, 5.74) is 1.99. The second kappa shape index (κ2) is 9.75. The van der Waals surface area contributed by atoms with Crippen LogP contribution in [0.4, 0.5) is 4.79 Å². The van der Waals surface area contributed by atoms with Crippen molar-refractivity contribution in [3.05, 3.63) is 82.1 Å². The molecule has 156 valence electrons. The van der Waals surface area contributed by atoms with E-state index in [9.17, 15) is 9.59 Å². The normalized spacial score (nSPS) is 22.5. The highest BCUT2D eigenvalue weighted by Crippen LogP contribution is 2.38. The highest BCUT2D eigenvalue weighted by molar-refractivity contribution is 8.22.